The van der Waals surface area contributed by atoms with Crippen LogP contribution in [0.2, 0.25) is 0 Å². The molecule has 146 valence electrons. The van der Waals surface area contributed by atoms with E-state index in [9.17, 15) is 18.0 Å². The molecule has 2 aromatic heterocycles. The highest BCUT2D eigenvalue weighted by Crippen LogP contribution is 2.24. The Bertz CT molecular complexity index is 1160. The van der Waals surface area contributed by atoms with Crippen molar-refractivity contribution in [1.82, 2.24) is 9.97 Å². The maximum atomic E-state index is 12.5. The van der Waals surface area contributed by atoms with E-state index in [4.69, 9.17) is 0 Å². The molecule has 0 radical (unpaired) electrons. The van der Waals surface area contributed by atoms with Gasteiger partial charge >= 0.3 is 0 Å². The first-order chi connectivity index (χ1) is 13.4. The van der Waals surface area contributed by atoms with Crippen molar-refractivity contribution in [2.75, 3.05) is 0 Å². The molecule has 0 saturated carbocycles. The van der Waals surface area contributed by atoms with Crippen molar-refractivity contribution in [1.29, 1.82) is 0 Å². The highest BCUT2D eigenvalue weighted by Gasteiger charge is 2.20. The molecule has 0 aliphatic carbocycles. The number of benzene rings is 1. The summed E-state index contributed by atoms with van der Waals surface area (Å²) in [4.78, 5) is 32.0. The van der Waals surface area contributed by atoms with Gasteiger partial charge in [-0.25, -0.2) is 13.4 Å². The molecule has 6 nitrogen and oxygen atoms in total. The zero-order chi connectivity index (χ0) is 20.3. The van der Waals surface area contributed by atoms with Crippen LogP contribution >= 0.6 is 11.3 Å². The van der Waals surface area contributed by atoms with Crippen LogP contribution < -0.4 is 5.56 Å². The third-order valence-corrected chi connectivity index (χ3v) is 7.02. The van der Waals surface area contributed by atoms with Gasteiger partial charge in [-0.3, -0.25) is 9.59 Å². The largest absolute Gasteiger partial charge is 0.325 e. The van der Waals surface area contributed by atoms with E-state index in [1.807, 2.05) is 6.92 Å². The van der Waals surface area contributed by atoms with Crippen molar-refractivity contribution in [2.24, 2.45) is 0 Å². The van der Waals surface area contributed by atoms with Crippen LogP contribution in [0.1, 0.15) is 41.3 Å². The summed E-state index contributed by atoms with van der Waals surface area (Å²) in [5, 5.41) is 2.04. The van der Waals surface area contributed by atoms with Crippen molar-refractivity contribution in [3.05, 3.63) is 68.4 Å². The third kappa shape index (κ3) is 4.13. The number of Topliss-reactive ketones (excluding diaryl/α,β-unsaturated/α-hetero) is 1. The number of aromatic nitrogens is 2. The second-order valence-corrected chi connectivity index (χ2v) is 9.17. The SMILES string of the molecule is CCC(=O)c1cc(-c2csc(CS(=O)(=O)c3ccccc3)n2)c(=O)[nH]c1CC. The average molecular weight is 417 g/mol. The van der Waals surface area contributed by atoms with E-state index in [-0.39, 0.29) is 27.6 Å². The Hall–Kier alpha value is -2.58. The predicted octanol–water partition coefficient (Wildman–Crippen LogP) is 3.63. The van der Waals surface area contributed by atoms with Gasteiger partial charge in [0.25, 0.3) is 5.56 Å². The maximum absolute atomic E-state index is 12.5. The van der Waals surface area contributed by atoms with Gasteiger partial charge in [0, 0.05) is 23.1 Å². The van der Waals surface area contributed by atoms with Crippen LogP contribution in [-0.4, -0.2) is 24.2 Å². The first-order valence-electron chi connectivity index (χ1n) is 8.87. The third-order valence-electron chi connectivity index (χ3n) is 4.34. The van der Waals surface area contributed by atoms with E-state index < -0.39 is 9.84 Å². The standard InChI is InChI=1S/C20H20N2O4S2/c1-3-16-14(18(23)4-2)10-15(20(24)22-16)17-11-27-19(21-17)12-28(25,26)13-8-6-5-7-9-13/h5-11H,3-4,12H2,1-2H3,(H,22,24). The zero-order valence-corrected chi connectivity index (χ0v) is 17.2. The topological polar surface area (TPSA) is 97.0 Å². The molecule has 3 aromatic rings. The second kappa shape index (κ2) is 8.20. The average Bonchev–Trinajstić information content (AvgIpc) is 3.15. The number of thiazole rings is 1. The fourth-order valence-corrected chi connectivity index (χ4v) is 5.30. The van der Waals surface area contributed by atoms with E-state index in [0.29, 0.717) is 34.8 Å². The molecule has 8 heteroatoms. The van der Waals surface area contributed by atoms with Gasteiger partial charge in [0.05, 0.1) is 16.2 Å². The molecular weight excluding hydrogens is 396 g/mol. The van der Waals surface area contributed by atoms with Crippen molar-refractivity contribution in [3.8, 4) is 11.3 Å². The lowest BCUT2D eigenvalue weighted by Crippen LogP contribution is -2.16. The Morgan fingerprint density at radius 2 is 1.89 bits per heavy atom. The smallest absolute Gasteiger partial charge is 0.257 e. The molecule has 0 aliphatic heterocycles. The molecule has 0 fully saturated rings. The van der Waals surface area contributed by atoms with Gasteiger partial charge < -0.3 is 4.98 Å². The van der Waals surface area contributed by atoms with Crippen molar-refractivity contribution < 1.29 is 13.2 Å². The molecule has 0 amide bonds. The number of ketones is 1. The number of carbonyl (C=O) groups excluding carboxylic acids is 1. The minimum atomic E-state index is -3.52. The summed E-state index contributed by atoms with van der Waals surface area (Å²) < 4.78 is 25.1. The number of sulfone groups is 1. The van der Waals surface area contributed by atoms with Crippen LogP contribution in [0.15, 0.2) is 51.5 Å². The van der Waals surface area contributed by atoms with Crippen molar-refractivity contribution >= 4 is 27.0 Å². The molecule has 2 heterocycles. The quantitative estimate of drug-likeness (QED) is 0.593. The Kier molecular flexibility index (Phi) is 5.90. The van der Waals surface area contributed by atoms with Gasteiger partial charge in [0.15, 0.2) is 15.6 Å². The number of aromatic amines is 1. The number of hydrogen-bond donors (Lipinski definition) is 1. The number of nitrogens with zero attached hydrogens (tertiary/aromatic N) is 1. The number of H-pyrrole nitrogens is 1. The fraction of sp³-hybridized carbons (Fsp3) is 0.250. The molecule has 1 N–H and O–H groups in total. The van der Waals surface area contributed by atoms with Crippen LogP contribution in [0.5, 0.6) is 0 Å². The number of rotatable bonds is 7. The second-order valence-electron chi connectivity index (χ2n) is 6.23. The van der Waals surface area contributed by atoms with Gasteiger partial charge in [-0.05, 0) is 24.6 Å². The van der Waals surface area contributed by atoms with E-state index in [0.717, 1.165) is 0 Å². The molecule has 0 atom stereocenters. The molecule has 0 unspecified atom stereocenters. The molecular formula is C20H20N2O4S2. The van der Waals surface area contributed by atoms with E-state index in [2.05, 4.69) is 9.97 Å². The lowest BCUT2D eigenvalue weighted by Gasteiger charge is -2.07. The van der Waals surface area contributed by atoms with Gasteiger partial charge in [-0.2, -0.15) is 0 Å². The Labute approximate surface area is 167 Å². The first kappa shape index (κ1) is 20.2. The molecule has 0 spiro atoms. The van der Waals surface area contributed by atoms with Gasteiger partial charge in [-0.15, -0.1) is 11.3 Å². The fourth-order valence-electron chi connectivity index (χ4n) is 2.85. The van der Waals surface area contributed by atoms with Gasteiger partial charge in [-0.1, -0.05) is 32.0 Å². The van der Waals surface area contributed by atoms with E-state index in [1.165, 1.54) is 11.3 Å². The van der Waals surface area contributed by atoms with Crippen LogP contribution in [-0.2, 0) is 22.0 Å². The number of pyridine rings is 1. The lowest BCUT2D eigenvalue weighted by molar-refractivity contribution is 0.0987. The lowest BCUT2D eigenvalue weighted by atomic mass is 10.0. The minimum absolute atomic E-state index is 0.0588. The minimum Gasteiger partial charge on any atom is -0.325 e. The monoisotopic (exact) mass is 416 g/mol. The summed E-state index contributed by atoms with van der Waals surface area (Å²) in [5.41, 5.74) is 1.38. The summed E-state index contributed by atoms with van der Waals surface area (Å²) in [6, 6.07) is 9.74. The van der Waals surface area contributed by atoms with Crippen molar-refractivity contribution in [3.63, 3.8) is 0 Å². The van der Waals surface area contributed by atoms with Crippen molar-refractivity contribution in [2.45, 2.75) is 37.3 Å². The summed E-state index contributed by atoms with van der Waals surface area (Å²) in [7, 11) is -3.52. The Balaban J connectivity index is 1.96. The molecule has 0 aliphatic rings. The summed E-state index contributed by atoms with van der Waals surface area (Å²) in [6.45, 7) is 3.63. The molecule has 0 bridgehead atoms. The van der Waals surface area contributed by atoms with Crippen LogP contribution in [0.3, 0.4) is 0 Å². The summed E-state index contributed by atoms with van der Waals surface area (Å²) >= 11 is 1.18. The van der Waals surface area contributed by atoms with Gasteiger partial charge in [0.1, 0.15) is 10.8 Å². The van der Waals surface area contributed by atoms with E-state index >= 15 is 0 Å². The predicted molar refractivity (Wildman–Crippen MR) is 110 cm³/mol. The number of hydrogen-bond acceptors (Lipinski definition) is 6. The number of carbonyl (C=O) groups is 1. The van der Waals surface area contributed by atoms with Crippen LogP contribution in [0.4, 0.5) is 0 Å². The number of aryl methyl sites for hydroxylation is 1. The molecule has 1 aromatic carbocycles. The Morgan fingerprint density at radius 1 is 1.18 bits per heavy atom. The zero-order valence-electron chi connectivity index (χ0n) is 15.6. The van der Waals surface area contributed by atoms with Crippen LogP contribution in [0.25, 0.3) is 11.3 Å². The normalized spacial score (nSPS) is 11.5. The molecule has 28 heavy (non-hydrogen) atoms. The first-order valence-corrected chi connectivity index (χ1v) is 11.4. The summed E-state index contributed by atoms with van der Waals surface area (Å²) in [6.07, 6.45) is 0.865. The number of nitrogens with one attached hydrogen (secondary N) is 1. The molecule has 3 rings (SSSR count). The maximum Gasteiger partial charge on any atom is 0.257 e. The van der Waals surface area contributed by atoms with Gasteiger partial charge in [0.2, 0.25) is 0 Å². The highest BCUT2D eigenvalue weighted by molar-refractivity contribution is 7.90. The Morgan fingerprint density at radius 3 is 2.54 bits per heavy atom. The van der Waals surface area contributed by atoms with E-state index in [1.54, 1.807) is 48.7 Å². The highest BCUT2D eigenvalue weighted by atomic mass is 32.2. The van der Waals surface area contributed by atoms with Crippen LogP contribution in [0, 0.1) is 0 Å². The molecule has 0 saturated heterocycles. The summed E-state index contributed by atoms with van der Waals surface area (Å²) in [5.74, 6) is -0.302.